The van der Waals surface area contributed by atoms with Crippen LogP contribution in [0.25, 0.3) is 0 Å². The van der Waals surface area contributed by atoms with Crippen molar-refractivity contribution in [1.29, 1.82) is 5.26 Å². The Bertz CT molecular complexity index is 576. The molecule has 2 aromatic carbocycles. The lowest BCUT2D eigenvalue weighted by Gasteiger charge is -2.24. The van der Waals surface area contributed by atoms with Crippen LogP contribution in [-0.2, 0) is 6.54 Å². The van der Waals surface area contributed by atoms with Gasteiger partial charge in [-0.2, -0.15) is 5.26 Å². The van der Waals surface area contributed by atoms with Gasteiger partial charge >= 0.3 is 0 Å². The van der Waals surface area contributed by atoms with Crippen LogP contribution in [-0.4, -0.2) is 6.54 Å². The molecule has 0 radical (unpaired) electrons. The molecule has 20 heavy (non-hydrogen) atoms. The topological polar surface area (TPSA) is 27.0 Å². The minimum atomic E-state index is 0.541. The minimum Gasteiger partial charge on any atom is -0.366 e. The summed E-state index contributed by atoms with van der Waals surface area (Å²) in [5.74, 6) is 0. The monoisotopic (exact) mass is 264 g/mol. The van der Waals surface area contributed by atoms with Crippen LogP contribution in [0, 0.1) is 25.2 Å². The lowest BCUT2D eigenvalue weighted by molar-refractivity contribution is 0.797. The van der Waals surface area contributed by atoms with Gasteiger partial charge in [-0.25, -0.2) is 0 Å². The molecule has 102 valence electrons. The highest BCUT2D eigenvalue weighted by Crippen LogP contribution is 2.18. The third-order valence-corrected chi connectivity index (χ3v) is 3.39. The van der Waals surface area contributed by atoms with E-state index in [1.165, 1.54) is 22.4 Å². The predicted molar refractivity (Wildman–Crippen MR) is 83.6 cm³/mol. The molecule has 2 aromatic rings. The second-order valence-corrected chi connectivity index (χ2v) is 5.15. The molecule has 0 spiro atoms. The van der Waals surface area contributed by atoms with Crippen LogP contribution < -0.4 is 4.90 Å². The van der Waals surface area contributed by atoms with Crippen molar-refractivity contribution in [3.63, 3.8) is 0 Å². The van der Waals surface area contributed by atoms with Gasteiger partial charge in [0.1, 0.15) is 0 Å². The molecule has 2 rings (SSSR count). The van der Waals surface area contributed by atoms with Gasteiger partial charge in [0.15, 0.2) is 0 Å². The van der Waals surface area contributed by atoms with Crippen LogP contribution in [0.2, 0.25) is 0 Å². The van der Waals surface area contributed by atoms with Crippen molar-refractivity contribution >= 4 is 5.69 Å². The summed E-state index contributed by atoms with van der Waals surface area (Å²) < 4.78 is 0. The van der Waals surface area contributed by atoms with Crippen LogP contribution in [0.15, 0.2) is 48.5 Å². The van der Waals surface area contributed by atoms with E-state index < -0.39 is 0 Å². The van der Waals surface area contributed by atoms with Crippen LogP contribution in [0.5, 0.6) is 0 Å². The zero-order valence-electron chi connectivity index (χ0n) is 12.1. The Kier molecular flexibility index (Phi) is 4.79. The van der Waals surface area contributed by atoms with E-state index in [0.29, 0.717) is 6.42 Å². The normalized spacial score (nSPS) is 10.1. The molecule has 0 unspecified atom stereocenters. The van der Waals surface area contributed by atoms with Crippen LogP contribution >= 0.6 is 0 Å². The molecule has 0 saturated heterocycles. The molecule has 0 bridgehead atoms. The zero-order valence-corrected chi connectivity index (χ0v) is 12.1. The molecule has 0 aliphatic carbocycles. The molecule has 0 aliphatic heterocycles. The molecule has 0 saturated carbocycles. The summed E-state index contributed by atoms with van der Waals surface area (Å²) in [4.78, 5) is 2.26. The van der Waals surface area contributed by atoms with Crippen molar-refractivity contribution in [2.45, 2.75) is 26.8 Å². The van der Waals surface area contributed by atoms with Gasteiger partial charge in [0.2, 0.25) is 0 Å². The highest BCUT2D eigenvalue weighted by molar-refractivity contribution is 5.48. The fraction of sp³-hybridized carbons (Fsp3) is 0.278. The number of anilines is 1. The Morgan fingerprint density at radius 2 is 1.45 bits per heavy atom. The first-order valence-corrected chi connectivity index (χ1v) is 6.93. The molecule has 0 heterocycles. The van der Waals surface area contributed by atoms with E-state index in [0.717, 1.165) is 13.1 Å². The smallest absolute Gasteiger partial charge is 0.0640 e. The highest BCUT2D eigenvalue weighted by Gasteiger charge is 2.07. The molecular formula is C18H20N2. The number of rotatable bonds is 5. The van der Waals surface area contributed by atoms with E-state index in [2.05, 4.69) is 73.3 Å². The summed E-state index contributed by atoms with van der Waals surface area (Å²) in [7, 11) is 0. The number of nitrogens with zero attached hydrogens (tertiary/aromatic N) is 2. The van der Waals surface area contributed by atoms with Gasteiger partial charge < -0.3 is 4.90 Å². The molecular weight excluding hydrogens is 244 g/mol. The van der Waals surface area contributed by atoms with E-state index in [1.807, 2.05) is 0 Å². The maximum atomic E-state index is 8.83. The first-order valence-electron chi connectivity index (χ1n) is 6.93. The number of hydrogen-bond acceptors (Lipinski definition) is 2. The summed E-state index contributed by atoms with van der Waals surface area (Å²) in [6, 6.07) is 19.3. The zero-order chi connectivity index (χ0) is 14.4. The van der Waals surface area contributed by atoms with Crippen molar-refractivity contribution < 1.29 is 0 Å². The van der Waals surface area contributed by atoms with Gasteiger partial charge in [0.05, 0.1) is 12.5 Å². The summed E-state index contributed by atoms with van der Waals surface area (Å²) in [5.41, 5.74) is 4.97. The maximum absolute atomic E-state index is 8.83. The molecule has 2 nitrogen and oxygen atoms in total. The molecule has 0 fully saturated rings. The molecule has 0 aromatic heterocycles. The van der Waals surface area contributed by atoms with Crippen LogP contribution in [0.1, 0.15) is 23.1 Å². The van der Waals surface area contributed by atoms with Crippen molar-refractivity contribution in [3.8, 4) is 6.07 Å². The highest BCUT2D eigenvalue weighted by atomic mass is 15.1. The Morgan fingerprint density at radius 1 is 0.900 bits per heavy atom. The Labute approximate surface area is 121 Å². The van der Waals surface area contributed by atoms with E-state index >= 15 is 0 Å². The average molecular weight is 264 g/mol. The number of hydrogen-bond donors (Lipinski definition) is 0. The van der Waals surface area contributed by atoms with E-state index in [9.17, 15) is 0 Å². The summed E-state index contributed by atoms with van der Waals surface area (Å²) in [6.07, 6.45) is 0.541. The third-order valence-electron chi connectivity index (χ3n) is 3.39. The Balaban J connectivity index is 2.17. The second kappa shape index (κ2) is 6.77. The maximum Gasteiger partial charge on any atom is 0.0640 e. The predicted octanol–water partition coefficient (Wildman–Crippen LogP) is 4.22. The minimum absolute atomic E-state index is 0.541. The largest absolute Gasteiger partial charge is 0.366 e. The van der Waals surface area contributed by atoms with Gasteiger partial charge in [0, 0.05) is 18.8 Å². The van der Waals surface area contributed by atoms with Crippen molar-refractivity contribution in [2.75, 3.05) is 11.4 Å². The fourth-order valence-corrected chi connectivity index (χ4v) is 2.15. The summed E-state index contributed by atoms with van der Waals surface area (Å²) >= 11 is 0. The number of aryl methyl sites for hydroxylation is 2. The van der Waals surface area contributed by atoms with Gasteiger partial charge in [-0.05, 0) is 31.5 Å². The van der Waals surface area contributed by atoms with Crippen LogP contribution in [0.3, 0.4) is 0 Å². The van der Waals surface area contributed by atoms with Crippen LogP contribution in [0.4, 0.5) is 5.69 Å². The summed E-state index contributed by atoms with van der Waals surface area (Å²) in [5, 5.41) is 8.83. The van der Waals surface area contributed by atoms with Gasteiger partial charge in [-0.1, -0.05) is 47.5 Å². The van der Waals surface area contributed by atoms with Crippen molar-refractivity contribution in [2.24, 2.45) is 0 Å². The first kappa shape index (κ1) is 14.1. The standard InChI is InChI=1S/C18H20N2/c1-15-4-8-17(9-5-15)14-20(13-3-12-19)18-10-6-16(2)7-11-18/h4-11H,3,13-14H2,1-2H3. The molecule has 0 aliphatic rings. The summed E-state index contributed by atoms with van der Waals surface area (Å²) in [6.45, 7) is 5.78. The molecule has 0 atom stereocenters. The molecule has 0 N–H and O–H groups in total. The quantitative estimate of drug-likeness (QED) is 0.808. The van der Waals surface area contributed by atoms with Gasteiger partial charge in [0.25, 0.3) is 0 Å². The Hall–Kier alpha value is -2.27. The van der Waals surface area contributed by atoms with Crippen molar-refractivity contribution in [3.05, 3.63) is 65.2 Å². The van der Waals surface area contributed by atoms with E-state index in [4.69, 9.17) is 5.26 Å². The van der Waals surface area contributed by atoms with Gasteiger partial charge in [-0.15, -0.1) is 0 Å². The lowest BCUT2D eigenvalue weighted by Crippen LogP contribution is -2.23. The lowest BCUT2D eigenvalue weighted by atomic mass is 10.1. The average Bonchev–Trinajstić information content (AvgIpc) is 2.46. The third kappa shape index (κ3) is 3.86. The SMILES string of the molecule is Cc1ccc(CN(CCC#N)c2ccc(C)cc2)cc1. The second-order valence-electron chi connectivity index (χ2n) is 5.15. The number of benzene rings is 2. The first-order chi connectivity index (χ1) is 9.69. The van der Waals surface area contributed by atoms with E-state index in [1.54, 1.807) is 0 Å². The van der Waals surface area contributed by atoms with E-state index in [-0.39, 0.29) is 0 Å². The molecule has 0 amide bonds. The molecule has 2 heteroatoms. The van der Waals surface area contributed by atoms with Gasteiger partial charge in [-0.3, -0.25) is 0 Å². The van der Waals surface area contributed by atoms with Crippen molar-refractivity contribution in [1.82, 2.24) is 0 Å². The fourth-order valence-electron chi connectivity index (χ4n) is 2.15. The Morgan fingerprint density at radius 3 is 2.00 bits per heavy atom. The number of nitriles is 1.